The number of para-hydroxylation sites is 1. The number of rotatable bonds is 5. The summed E-state index contributed by atoms with van der Waals surface area (Å²) in [5.74, 6) is 0.478. The van der Waals surface area contributed by atoms with Crippen LogP contribution >= 0.6 is 11.3 Å². The van der Waals surface area contributed by atoms with Crippen molar-refractivity contribution < 1.29 is 14.3 Å². The van der Waals surface area contributed by atoms with Crippen molar-refractivity contribution in [2.24, 2.45) is 0 Å². The smallest absolute Gasteiger partial charge is 0.308 e. The van der Waals surface area contributed by atoms with Gasteiger partial charge in [0.25, 0.3) is 11.8 Å². The van der Waals surface area contributed by atoms with E-state index in [9.17, 15) is 14.4 Å². The average molecular weight is 438 g/mol. The molecule has 1 saturated carbocycles. The molecule has 2 aliphatic rings. The zero-order valence-electron chi connectivity index (χ0n) is 17.2. The van der Waals surface area contributed by atoms with E-state index in [0.29, 0.717) is 13.1 Å². The molecule has 0 bridgehead atoms. The summed E-state index contributed by atoms with van der Waals surface area (Å²) in [5.41, 5.74) is 1.14. The molecular formula is C23H23N3O4S. The number of carbonyl (C=O) groups excluding carboxylic acids is 2. The Bertz CT molecular complexity index is 1210. The first-order chi connectivity index (χ1) is 15.0. The van der Waals surface area contributed by atoms with Crippen LogP contribution in [0, 0.1) is 0 Å². The Balaban J connectivity index is 1.38. The number of benzene rings is 2. The molecule has 0 unspecified atom stereocenters. The molecule has 160 valence electrons. The van der Waals surface area contributed by atoms with Gasteiger partial charge in [0.15, 0.2) is 0 Å². The van der Waals surface area contributed by atoms with Crippen molar-refractivity contribution in [2.45, 2.75) is 31.2 Å². The number of thiazole rings is 1. The number of aromatic nitrogens is 1. The monoisotopic (exact) mass is 437 g/mol. The van der Waals surface area contributed by atoms with Crippen LogP contribution in [-0.2, 0) is 21.5 Å². The van der Waals surface area contributed by atoms with Crippen LogP contribution in [0.15, 0.2) is 53.3 Å². The molecule has 2 fully saturated rings. The molecule has 0 radical (unpaired) electrons. The second-order valence-corrected chi connectivity index (χ2v) is 9.02. The molecule has 3 aromatic rings. The van der Waals surface area contributed by atoms with Gasteiger partial charge in [-0.1, -0.05) is 35.6 Å². The highest BCUT2D eigenvalue weighted by atomic mass is 32.1. The summed E-state index contributed by atoms with van der Waals surface area (Å²) in [5, 5.41) is 3.13. The van der Waals surface area contributed by atoms with Crippen molar-refractivity contribution in [2.75, 3.05) is 20.2 Å². The molecule has 8 heteroatoms. The Morgan fingerprint density at radius 1 is 1.03 bits per heavy atom. The third-order valence-corrected chi connectivity index (χ3v) is 7.18. The number of methoxy groups -OCH3 is 1. The molecule has 0 atom stereocenters. The van der Waals surface area contributed by atoms with Crippen LogP contribution in [0.5, 0.6) is 5.75 Å². The Kier molecular flexibility index (Phi) is 4.81. The van der Waals surface area contributed by atoms with Crippen LogP contribution < -0.4 is 9.61 Å². The second-order valence-electron chi connectivity index (χ2n) is 8.03. The van der Waals surface area contributed by atoms with Crippen molar-refractivity contribution in [3.8, 4) is 5.75 Å². The molecule has 0 spiro atoms. The highest BCUT2D eigenvalue weighted by Crippen LogP contribution is 2.50. The maximum Gasteiger partial charge on any atom is 0.308 e. The van der Waals surface area contributed by atoms with Crippen LogP contribution in [0.4, 0.5) is 0 Å². The van der Waals surface area contributed by atoms with Gasteiger partial charge in [-0.25, -0.2) is 5.01 Å². The van der Waals surface area contributed by atoms with Gasteiger partial charge < -0.3 is 4.74 Å². The van der Waals surface area contributed by atoms with Gasteiger partial charge in [-0.2, -0.15) is 0 Å². The minimum Gasteiger partial charge on any atom is -0.497 e. The number of hydrogen-bond acceptors (Lipinski definition) is 5. The van der Waals surface area contributed by atoms with Gasteiger partial charge in [0, 0.05) is 13.1 Å². The summed E-state index contributed by atoms with van der Waals surface area (Å²) >= 11 is 1.13. The maximum absolute atomic E-state index is 13.5. The summed E-state index contributed by atoms with van der Waals surface area (Å²) < 4.78 is 7.58. The average Bonchev–Trinajstić information content (AvgIpc) is 3.35. The number of hydrogen-bond donors (Lipinski definition) is 0. The van der Waals surface area contributed by atoms with Gasteiger partial charge in [-0.3, -0.25) is 24.0 Å². The van der Waals surface area contributed by atoms with E-state index in [1.165, 1.54) is 9.58 Å². The van der Waals surface area contributed by atoms with E-state index in [0.717, 1.165) is 52.1 Å². The lowest BCUT2D eigenvalue weighted by Crippen LogP contribution is -2.50. The van der Waals surface area contributed by atoms with E-state index >= 15 is 0 Å². The fourth-order valence-corrected chi connectivity index (χ4v) is 5.26. The van der Waals surface area contributed by atoms with E-state index in [-0.39, 0.29) is 23.2 Å². The zero-order chi connectivity index (χ0) is 21.6. The Morgan fingerprint density at radius 3 is 2.45 bits per heavy atom. The van der Waals surface area contributed by atoms with E-state index in [1.54, 1.807) is 12.1 Å². The number of amides is 2. The fourth-order valence-electron chi connectivity index (χ4n) is 4.37. The predicted molar refractivity (Wildman–Crippen MR) is 118 cm³/mol. The van der Waals surface area contributed by atoms with E-state index in [1.807, 2.05) is 48.5 Å². The summed E-state index contributed by atoms with van der Waals surface area (Å²) in [6, 6.07) is 15.0. The molecule has 0 N–H and O–H groups in total. The van der Waals surface area contributed by atoms with Crippen molar-refractivity contribution in [3.05, 3.63) is 63.8 Å². The first kappa shape index (κ1) is 19.8. The minimum absolute atomic E-state index is 0.0361. The first-order valence-electron chi connectivity index (χ1n) is 10.4. The van der Waals surface area contributed by atoms with Crippen LogP contribution in [0.1, 0.15) is 24.8 Å². The Morgan fingerprint density at radius 2 is 1.74 bits per heavy atom. The van der Waals surface area contributed by atoms with Crippen molar-refractivity contribution in [1.82, 2.24) is 14.6 Å². The molecule has 5 rings (SSSR count). The fraction of sp³-hybridized carbons (Fsp3) is 0.348. The standard InChI is InChI=1S/C23H23N3O4S/c1-30-17-9-7-16(8-10-17)23(11-12-23)21(28)26-14-4-13-25(26)20(27)15-24-18-5-2-3-6-19(18)31-22(24)29/h2-3,5-10H,4,11-15H2,1H3. The quantitative estimate of drug-likeness (QED) is 0.615. The highest BCUT2D eigenvalue weighted by molar-refractivity contribution is 7.16. The number of fused-ring (bicyclic) bond motifs is 1. The topological polar surface area (TPSA) is 71.8 Å². The Hall–Kier alpha value is -3.13. The van der Waals surface area contributed by atoms with Gasteiger partial charge in [0.05, 0.1) is 22.7 Å². The zero-order valence-corrected chi connectivity index (χ0v) is 18.1. The van der Waals surface area contributed by atoms with Gasteiger partial charge in [-0.05, 0) is 49.1 Å². The summed E-state index contributed by atoms with van der Waals surface area (Å²) in [6.45, 7) is 0.935. The van der Waals surface area contributed by atoms with Crippen molar-refractivity contribution >= 4 is 33.4 Å². The van der Waals surface area contributed by atoms with Crippen LogP contribution in [-0.4, -0.2) is 46.6 Å². The molecule has 1 aliphatic carbocycles. The van der Waals surface area contributed by atoms with Crippen LogP contribution in [0.25, 0.3) is 10.2 Å². The molecule has 2 amide bonds. The number of nitrogens with zero attached hydrogens (tertiary/aromatic N) is 3. The number of carbonyl (C=O) groups is 2. The van der Waals surface area contributed by atoms with Crippen LogP contribution in [0.3, 0.4) is 0 Å². The third kappa shape index (κ3) is 3.31. The summed E-state index contributed by atoms with van der Waals surface area (Å²) in [7, 11) is 1.61. The Labute approximate surface area is 183 Å². The molecule has 1 aromatic heterocycles. The maximum atomic E-state index is 13.5. The molecule has 2 heterocycles. The number of hydrazine groups is 1. The van der Waals surface area contributed by atoms with E-state index in [2.05, 4.69) is 0 Å². The molecule has 1 aliphatic heterocycles. The predicted octanol–water partition coefficient (Wildman–Crippen LogP) is 2.78. The minimum atomic E-state index is -0.568. The van der Waals surface area contributed by atoms with Gasteiger partial charge in [0.2, 0.25) is 0 Å². The third-order valence-electron chi connectivity index (χ3n) is 6.22. The van der Waals surface area contributed by atoms with E-state index in [4.69, 9.17) is 4.74 Å². The molecular weight excluding hydrogens is 414 g/mol. The lowest BCUT2D eigenvalue weighted by atomic mass is 9.94. The molecule has 2 aromatic carbocycles. The summed E-state index contributed by atoms with van der Waals surface area (Å²) in [4.78, 5) is 38.9. The van der Waals surface area contributed by atoms with Crippen LogP contribution in [0.2, 0.25) is 0 Å². The van der Waals surface area contributed by atoms with Gasteiger partial charge in [0.1, 0.15) is 12.3 Å². The molecule has 7 nitrogen and oxygen atoms in total. The molecule has 31 heavy (non-hydrogen) atoms. The first-order valence-corrected chi connectivity index (χ1v) is 11.2. The van der Waals surface area contributed by atoms with Gasteiger partial charge >= 0.3 is 4.87 Å². The lowest BCUT2D eigenvalue weighted by molar-refractivity contribution is -0.160. The summed E-state index contributed by atoms with van der Waals surface area (Å²) in [6.07, 6.45) is 2.27. The molecule has 1 saturated heterocycles. The second kappa shape index (κ2) is 7.53. The SMILES string of the molecule is COc1ccc(C2(C(=O)N3CCCN3C(=O)Cn3c(=O)sc4ccccc43)CC2)cc1. The van der Waals surface area contributed by atoms with Crippen molar-refractivity contribution in [1.29, 1.82) is 0 Å². The van der Waals surface area contributed by atoms with E-state index < -0.39 is 5.41 Å². The highest BCUT2D eigenvalue weighted by Gasteiger charge is 2.54. The van der Waals surface area contributed by atoms with Gasteiger partial charge in [-0.15, -0.1) is 0 Å². The normalized spacial score (nSPS) is 17.2. The van der Waals surface area contributed by atoms with Crippen molar-refractivity contribution in [3.63, 3.8) is 0 Å². The largest absolute Gasteiger partial charge is 0.497 e. The lowest BCUT2D eigenvalue weighted by Gasteiger charge is -2.31. The number of ether oxygens (including phenoxy) is 1.